The molecule has 0 atom stereocenters. The Morgan fingerprint density at radius 1 is 1.07 bits per heavy atom. The number of aromatic nitrogens is 2. The average Bonchev–Trinajstić information content (AvgIpc) is 3.24. The van der Waals surface area contributed by atoms with Crippen LogP contribution < -0.4 is 14.9 Å². The molecule has 9 heteroatoms. The Bertz CT molecular complexity index is 1060. The standard InChI is InChI=1S/C20H18N4O5/c1-28-17-8-7-14(9-18(17)29-2)15-10-16(23-22-15)19(25)24-21-11-12-3-5-13(6-4-12)20(26)27/h3-11H,1-2H3,(H,22,23)(H,24,25)(H,26,27)/b21-11+. The lowest BCUT2D eigenvalue weighted by Gasteiger charge is -2.08. The molecular formula is C20H18N4O5. The highest BCUT2D eigenvalue weighted by Gasteiger charge is 2.12. The van der Waals surface area contributed by atoms with Crippen LogP contribution in [-0.4, -0.2) is 47.6 Å². The number of hydrogen-bond donors (Lipinski definition) is 3. The number of hydrogen-bond acceptors (Lipinski definition) is 6. The monoisotopic (exact) mass is 394 g/mol. The molecule has 0 aliphatic rings. The second-order valence-electron chi connectivity index (χ2n) is 5.86. The SMILES string of the molecule is COc1ccc(-c2cc(C(=O)N/N=C/c3ccc(C(=O)O)cc3)[nH]n2)cc1OC. The van der Waals surface area contributed by atoms with E-state index in [-0.39, 0.29) is 11.3 Å². The number of aromatic amines is 1. The smallest absolute Gasteiger partial charge is 0.335 e. The van der Waals surface area contributed by atoms with Crippen LogP contribution in [0.2, 0.25) is 0 Å². The molecule has 29 heavy (non-hydrogen) atoms. The van der Waals surface area contributed by atoms with Gasteiger partial charge in [-0.05, 0) is 42.0 Å². The molecule has 0 aliphatic carbocycles. The first-order chi connectivity index (χ1) is 14.0. The number of carboxylic acid groups (broad SMARTS) is 1. The van der Waals surface area contributed by atoms with Gasteiger partial charge in [-0.25, -0.2) is 10.2 Å². The summed E-state index contributed by atoms with van der Waals surface area (Å²) < 4.78 is 10.5. The minimum Gasteiger partial charge on any atom is -0.493 e. The van der Waals surface area contributed by atoms with Crippen molar-refractivity contribution in [3.63, 3.8) is 0 Å². The maximum atomic E-state index is 12.2. The van der Waals surface area contributed by atoms with Gasteiger partial charge in [0.25, 0.3) is 5.91 Å². The van der Waals surface area contributed by atoms with Crippen LogP contribution >= 0.6 is 0 Å². The largest absolute Gasteiger partial charge is 0.493 e. The normalized spacial score (nSPS) is 10.7. The van der Waals surface area contributed by atoms with Crippen molar-refractivity contribution < 1.29 is 24.2 Å². The number of carboxylic acids is 1. The molecule has 0 unspecified atom stereocenters. The van der Waals surface area contributed by atoms with Crippen molar-refractivity contribution in [3.05, 3.63) is 65.4 Å². The van der Waals surface area contributed by atoms with Crippen LogP contribution in [-0.2, 0) is 0 Å². The number of nitrogens with zero attached hydrogens (tertiary/aromatic N) is 2. The van der Waals surface area contributed by atoms with E-state index in [0.717, 1.165) is 5.56 Å². The quantitative estimate of drug-likeness (QED) is 0.418. The van der Waals surface area contributed by atoms with E-state index in [0.29, 0.717) is 22.8 Å². The van der Waals surface area contributed by atoms with Gasteiger partial charge < -0.3 is 14.6 Å². The molecule has 0 spiro atoms. The molecule has 1 aromatic heterocycles. The molecule has 3 aromatic rings. The number of benzene rings is 2. The first-order valence-electron chi connectivity index (χ1n) is 8.46. The summed E-state index contributed by atoms with van der Waals surface area (Å²) in [5, 5.41) is 19.6. The van der Waals surface area contributed by atoms with Gasteiger partial charge in [-0.15, -0.1) is 0 Å². The van der Waals surface area contributed by atoms with Crippen molar-refractivity contribution in [1.82, 2.24) is 15.6 Å². The first-order valence-corrected chi connectivity index (χ1v) is 8.46. The number of rotatable bonds is 7. The molecule has 9 nitrogen and oxygen atoms in total. The summed E-state index contributed by atoms with van der Waals surface area (Å²) >= 11 is 0. The van der Waals surface area contributed by atoms with Gasteiger partial charge in [0.05, 0.1) is 31.7 Å². The Kier molecular flexibility index (Phi) is 5.88. The highest BCUT2D eigenvalue weighted by molar-refractivity contribution is 5.94. The molecule has 0 saturated carbocycles. The minimum absolute atomic E-state index is 0.173. The zero-order valence-electron chi connectivity index (χ0n) is 15.7. The molecule has 3 rings (SSSR count). The lowest BCUT2D eigenvalue weighted by atomic mass is 10.1. The second kappa shape index (κ2) is 8.70. The number of aromatic carboxylic acids is 1. The fourth-order valence-electron chi connectivity index (χ4n) is 2.52. The Morgan fingerprint density at radius 2 is 1.79 bits per heavy atom. The molecule has 2 aromatic carbocycles. The van der Waals surface area contributed by atoms with Crippen LogP contribution in [0.4, 0.5) is 0 Å². The number of carbonyl (C=O) groups is 2. The summed E-state index contributed by atoms with van der Waals surface area (Å²) in [7, 11) is 3.09. The molecule has 3 N–H and O–H groups in total. The van der Waals surface area contributed by atoms with Crippen molar-refractivity contribution in [2.24, 2.45) is 5.10 Å². The fourth-order valence-corrected chi connectivity index (χ4v) is 2.52. The van der Waals surface area contributed by atoms with Crippen molar-refractivity contribution in [3.8, 4) is 22.8 Å². The van der Waals surface area contributed by atoms with E-state index in [2.05, 4.69) is 20.7 Å². The Morgan fingerprint density at radius 3 is 2.45 bits per heavy atom. The Balaban J connectivity index is 1.67. The average molecular weight is 394 g/mol. The van der Waals surface area contributed by atoms with Crippen LogP contribution in [0.15, 0.2) is 53.6 Å². The summed E-state index contributed by atoms with van der Waals surface area (Å²) in [4.78, 5) is 23.1. The van der Waals surface area contributed by atoms with Crippen LogP contribution in [0.1, 0.15) is 26.4 Å². The van der Waals surface area contributed by atoms with E-state index in [1.165, 1.54) is 25.5 Å². The summed E-state index contributed by atoms with van der Waals surface area (Å²) in [5.41, 5.74) is 4.74. The minimum atomic E-state index is -1.01. The van der Waals surface area contributed by atoms with Gasteiger partial charge in [0, 0.05) is 5.56 Å². The third-order valence-electron chi connectivity index (χ3n) is 4.04. The Hall–Kier alpha value is -4.14. The fraction of sp³-hybridized carbons (Fsp3) is 0.100. The van der Waals surface area contributed by atoms with Crippen LogP contribution in [0.25, 0.3) is 11.3 Å². The number of methoxy groups -OCH3 is 2. The topological polar surface area (TPSA) is 126 Å². The highest BCUT2D eigenvalue weighted by atomic mass is 16.5. The van der Waals surface area contributed by atoms with Gasteiger partial charge in [0.15, 0.2) is 11.5 Å². The van der Waals surface area contributed by atoms with Crippen LogP contribution in [0, 0.1) is 0 Å². The number of H-pyrrole nitrogens is 1. The molecule has 0 saturated heterocycles. The van der Waals surface area contributed by atoms with Crippen LogP contribution in [0.3, 0.4) is 0 Å². The zero-order valence-corrected chi connectivity index (χ0v) is 15.7. The molecular weight excluding hydrogens is 376 g/mol. The third-order valence-corrected chi connectivity index (χ3v) is 4.04. The third kappa shape index (κ3) is 4.59. The zero-order chi connectivity index (χ0) is 20.8. The molecule has 0 aliphatic heterocycles. The number of nitrogens with one attached hydrogen (secondary N) is 2. The molecule has 1 heterocycles. The van der Waals surface area contributed by atoms with E-state index >= 15 is 0 Å². The van der Waals surface area contributed by atoms with Gasteiger partial charge in [0.2, 0.25) is 0 Å². The summed E-state index contributed by atoms with van der Waals surface area (Å²) in [5.74, 6) is -0.332. The van der Waals surface area contributed by atoms with Crippen LogP contribution in [0.5, 0.6) is 11.5 Å². The van der Waals surface area contributed by atoms with Gasteiger partial charge in [-0.1, -0.05) is 12.1 Å². The summed E-state index contributed by atoms with van der Waals surface area (Å²) in [6.45, 7) is 0. The lowest BCUT2D eigenvalue weighted by molar-refractivity contribution is 0.0696. The van der Waals surface area contributed by atoms with E-state index in [9.17, 15) is 9.59 Å². The predicted octanol–water partition coefficient (Wildman–Crippen LogP) is 2.56. The number of amides is 1. The Labute approximate surface area is 166 Å². The van der Waals surface area contributed by atoms with Crippen molar-refractivity contribution in [2.75, 3.05) is 14.2 Å². The van der Waals surface area contributed by atoms with E-state index in [1.54, 1.807) is 43.5 Å². The molecule has 148 valence electrons. The first kappa shape index (κ1) is 19.6. The van der Waals surface area contributed by atoms with Crippen molar-refractivity contribution in [2.45, 2.75) is 0 Å². The molecule has 0 bridgehead atoms. The van der Waals surface area contributed by atoms with Gasteiger partial charge in [-0.2, -0.15) is 10.2 Å². The maximum absolute atomic E-state index is 12.2. The second-order valence-corrected chi connectivity index (χ2v) is 5.86. The highest BCUT2D eigenvalue weighted by Crippen LogP contribution is 2.31. The van der Waals surface area contributed by atoms with Gasteiger partial charge >= 0.3 is 5.97 Å². The van der Waals surface area contributed by atoms with Gasteiger partial charge in [0.1, 0.15) is 5.69 Å². The van der Waals surface area contributed by atoms with E-state index < -0.39 is 11.9 Å². The number of ether oxygens (including phenoxy) is 2. The molecule has 0 radical (unpaired) electrons. The molecule has 0 fully saturated rings. The van der Waals surface area contributed by atoms with Crippen molar-refractivity contribution in [1.29, 1.82) is 0 Å². The summed E-state index contributed by atoms with van der Waals surface area (Å²) in [6, 6.07) is 13.0. The number of hydrazone groups is 1. The number of carbonyl (C=O) groups excluding carboxylic acids is 1. The lowest BCUT2D eigenvalue weighted by Crippen LogP contribution is -2.18. The van der Waals surface area contributed by atoms with Crippen molar-refractivity contribution >= 4 is 18.1 Å². The van der Waals surface area contributed by atoms with E-state index in [1.807, 2.05) is 0 Å². The van der Waals surface area contributed by atoms with Gasteiger partial charge in [-0.3, -0.25) is 9.89 Å². The maximum Gasteiger partial charge on any atom is 0.335 e. The molecule has 1 amide bonds. The van der Waals surface area contributed by atoms with E-state index in [4.69, 9.17) is 14.6 Å². The predicted molar refractivity (Wildman–Crippen MR) is 106 cm³/mol. The summed E-state index contributed by atoms with van der Waals surface area (Å²) in [6.07, 6.45) is 1.41.